The SMILES string of the molecule is COc1ccc(-c2cc(=O)n3cc(C(=O)OC(C)(C)C)ccc3c2)cc1OC. The monoisotopic (exact) mass is 381 g/mol. The van der Waals surface area contributed by atoms with E-state index < -0.39 is 11.6 Å². The summed E-state index contributed by atoms with van der Waals surface area (Å²) >= 11 is 0. The van der Waals surface area contributed by atoms with Crippen LogP contribution in [0.3, 0.4) is 0 Å². The first-order valence-electron chi connectivity index (χ1n) is 8.84. The molecule has 1 aromatic carbocycles. The van der Waals surface area contributed by atoms with Crippen LogP contribution in [0.25, 0.3) is 16.6 Å². The van der Waals surface area contributed by atoms with Crippen molar-refractivity contribution in [3.63, 3.8) is 0 Å². The second kappa shape index (κ2) is 7.38. The number of hydrogen-bond donors (Lipinski definition) is 0. The van der Waals surface area contributed by atoms with Gasteiger partial charge in [-0.3, -0.25) is 9.20 Å². The minimum Gasteiger partial charge on any atom is -0.493 e. The summed E-state index contributed by atoms with van der Waals surface area (Å²) in [5.74, 6) is 0.733. The number of benzene rings is 1. The molecule has 6 heteroatoms. The van der Waals surface area contributed by atoms with Gasteiger partial charge in [0, 0.05) is 17.8 Å². The van der Waals surface area contributed by atoms with E-state index in [-0.39, 0.29) is 5.56 Å². The number of aromatic nitrogens is 1. The van der Waals surface area contributed by atoms with Crippen molar-refractivity contribution in [2.75, 3.05) is 14.2 Å². The molecule has 0 aliphatic heterocycles. The molecule has 0 spiro atoms. The zero-order chi connectivity index (χ0) is 20.5. The van der Waals surface area contributed by atoms with E-state index in [9.17, 15) is 9.59 Å². The van der Waals surface area contributed by atoms with Crippen LogP contribution in [-0.4, -0.2) is 30.2 Å². The lowest BCUT2D eigenvalue weighted by Crippen LogP contribution is -2.24. The quantitative estimate of drug-likeness (QED) is 0.641. The first kappa shape index (κ1) is 19.5. The van der Waals surface area contributed by atoms with Crippen LogP contribution in [0.4, 0.5) is 0 Å². The van der Waals surface area contributed by atoms with E-state index >= 15 is 0 Å². The molecule has 0 aliphatic rings. The molecular weight excluding hydrogens is 358 g/mol. The molecule has 0 saturated heterocycles. The average Bonchev–Trinajstić information content (AvgIpc) is 2.65. The van der Waals surface area contributed by atoms with Crippen LogP contribution in [0.2, 0.25) is 0 Å². The van der Waals surface area contributed by atoms with Crippen LogP contribution in [0, 0.1) is 0 Å². The Bertz CT molecular complexity index is 1090. The van der Waals surface area contributed by atoms with Crippen molar-refractivity contribution in [2.45, 2.75) is 26.4 Å². The molecule has 2 heterocycles. The van der Waals surface area contributed by atoms with Crippen LogP contribution in [0.1, 0.15) is 31.1 Å². The molecule has 3 rings (SSSR count). The number of carbonyl (C=O) groups is 1. The molecule has 0 radical (unpaired) electrons. The molecule has 0 N–H and O–H groups in total. The van der Waals surface area contributed by atoms with Gasteiger partial charge in [-0.05, 0) is 62.2 Å². The highest BCUT2D eigenvalue weighted by molar-refractivity contribution is 5.90. The maximum atomic E-state index is 12.7. The molecule has 0 bridgehead atoms. The topological polar surface area (TPSA) is 66.2 Å². The number of hydrogen-bond acceptors (Lipinski definition) is 5. The predicted octanol–water partition coefficient (Wildman–Crippen LogP) is 3.94. The van der Waals surface area contributed by atoms with E-state index in [1.807, 2.05) is 18.2 Å². The summed E-state index contributed by atoms with van der Waals surface area (Å²) in [7, 11) is 3.14. The second-order valence-electron chi connectivity index (χ2n) is 7.37. The van der Waals surface area contributed by atoms with E-state index in [1.54, 1.807) is 53.2 Å². The maximum absolute atomic E-state index is 12.7. The normalized spacial score (nSPS) is 11.3. The van der Waals surface area contributed by atoms with Crippen LogP contribution >= 0.6 is 0 Å². The highest BCUT2D eigenvalue weighted by Crippen LogP contribution is 2.32. The van der Waals surface area contributed by atoms with Gasteiger partial charge in [-0.25, -0.2) is 4.79 Å². The first-order valence-corrected chi connectivity index (χ1v) is 8.84. The molecule has 2 aromatic heterocycles. The molecule has 0 fully saturated rings. The Morgan fingerprint density at radius 3 is 2.25 bits per heavy atom. The summed E-state index contributed by atoms with van der Waals surface area (Å²) < 4.78 is 17.4. The highest BCUT2D eigenvalue weighted by Gasteiger charge is 2.18. The fraction of sp³-hybridized carbons (Fsp3) is 0.273. The summed E-state index contributed by atoms with van der Waals surface area (Å²) in [4.78, 5) is 24.9. The van der Waals surface area contributed by atoms with Crippen molar-refractivity contribution >= 4 is 11.5 Å². The molecular formula is C22H23NO5. The van der Waals surface area contributed by atoms with Crippen molar-refractivity contribution in [2.24, 2.45) is 0 Å². The zero-order valence-corrected chi connectivity index (χ0v) is 16.6. The van der Waals surface area contributed by atoms with Crippen LogP contribution in [0.15, 0.2) is 53.5 Å². The van der Waals surface area contributed by atoms with Crippen molar-refractivity contribution in [1.82, 2.24) is 4.40 Å². The highest BCUT2D eigenvalue weighted by atomic mass is 16.6. The fourth-order valence-electron chi connectivity index (χ4n) is 2.86. The number of esters is 1. The van der Waals surface area contributed by atoms with E-state index in [0.717, 1.165) is 11.1 Å². The third-order valence-corrected chi connectivity index (χ3v) is 4.15. The maximum Gasteiger partial charge on any atom is 0.340 e. The number of carbonyl (C=O) groups excluding carboxylic acids is 1. The van der Waals surface area contributed by atoms with Gasteiger partial charge in [0.2, 0.25) is 0 Å². The van der Waals surface area contributed by atoms with Crippen molar-refractivity contribution in [1.29, 1.82) is 0 Å². The van der Waals surface area contributed by atoms with Gasteiger partial charge in [0.15, 0.2) is 11.5 Å². The smallest absolute Gasteiger partial charge is 0.340 e. The number of ether oxygens (including phenoxy) is 3. The lowest BCUT2D eigenvalue weighted by molar-refractivity contribution is 0.00689. The molecule has 28 heavy (non-hydrogen) atoms. The third-order valence-electron chi connectivity index (χ3n) is 4.15. The largest absolute Gasteiger partial charge is 0.493 e. The van der Waals surface area contributed by atoms with Crippen LogP contribution in [0.5, 0.6) is 11.5 Å². The molecule has 0 atom stereocenters. The Balaban J connectivity index is 2.04. The van der Waals surface area contributed by atoms with Gasteiger partial charge in [0.1, 0.15) is 5.60 Å². The number of pyridine rings is 2. The Kier molecular flexibility index (Phi) is 5.14. The Morgan fingerprint density at radius 2 is 1.61 bits per heavy atom. The van der Waals surface area contributed by atoms with Gasteiger partial charge in [0.05, 0.1) is 19.8 Å². The molecule has 6 nitrogen and oxygen atoms in total. The first-order chi connectivity index (χ1) is 13.2. The van der Waals surface area contributed by atoms with Gasteiger partial charge >= 0.3 is 5.97 Å². The molecule has 3 aromatic rings. The van der Waals surface area contributed by atoms with Gasteiger partial charge < -0.3 is 14.2 Å². The standard InChI is InChI=1S/C22H23NO5/c1-22(2,3)28-21(25)15-6-8-17-10-16(12-20(24)23(17)13-15)14-7-9-18(26-4)19(11-14)27-5/h6-13H,1-5H3. The lowest BCUT2D eigenvalue weighted by atomic mass is 10.1. The lowest BCUT2D eigenvalue weighted by Gasteiger charge is -2.19. The van der Waals surface area contributed by atoms with Crippen molar-refractivity contribution < 1.29 is 19.0 Å². The molecule has 0 amide bonds. The molecule has 146 valence electrons. The summed E-state index contributed by atoms with van der Waals surface area (Å²) in [5.41, 5.74) is 1.72. The molecule has 0 saturated carbocycles. The van der Waals surface area contributed by atoms with Gasteiger partial charge in [-0.15, -0.1) is 0 Å². The van der Waals surface area contributed by atoms with E-state index in [2.05, 4.69) is 0 Å². The number of fused-ring (bicyclic) bond motifs is 1. The average molecular weight is 381 g/mol. The Morgan fingerprint density at radius 1 is 0.893 bits per heavy atom. The summed E-state index contributed by atoms with van der Waals surface area (Å²) in [6.45, 7) is 5.40. The number of nitrogens with zero attached hydrogens (tertiary/aromatic N) is 1. The van der Waals surface area contributed by atoms with Gasteiger partial charge in [0.25, 0.3) is 5.56 Å². The number of methoxy groups -OCH3 is 2. The Hall–Kier alpha value is -3.28. The zero-order valence-electron chi connectivity index (χ0n) is 16.6. The van der Waals surface area contributed by atoms with Crippen molar-refractivity contribution in [3.8, 4) is 22.6 Å². The van der Waals surface area contributed by atoms with E-state index in [4.69, 9.17) is 14.2 Å². The minimum atomic E-state index is -0.603. The summed E-state index contributed by atoms with van der Waals surface area (Å²) in [6.07, 6.45) is 1.50. The molecule has 0 aliphatic carbocycles. The fourth-order valence-corrected chi connectivity index (χ4v) is 2.86. The van der Waals surface area contributed by atoms with Crippen LogP contribution < -0.4 is 15.0 Å². The van der Waals surface area contributed by atoms with Gasteiger partial charge in [-0.1, -0.05) is 6.07 Å². The van der Waals surface area contributed by atoms with E-state index in [0.29, 0.717) is 22.6 Å². The Labute approximate surface area is 163 Å². The summed E-state index contributed by atoms with van der Waals surface area (Å²) in [6, 6.07) is 12.3. The summed E-state index contributed by atoms with van der Waals surface area (Å²) in [5, 5.41) is 0. The predicted molar refractivity (Wildman–Crippen MR) is 107 cm³/mol. The number of rotatable bonds is 4. The van der Waals surface area contributed by atoms with Crippen molar-refractivity contribution in [3.05, 3.63) is 64.6 Å². The second-order valence-corrected chi connectivity index (χ2v) is 7.37. The molecule has 0 unspecified atom stereocenters. The van der Waals surface area contributed by atoms with Crippen LogP contribution in [-0.2, 0) is 4.74 Å². The third kappa shape index (κ3) is 4.01. The van der Waals surface area contributed by atoms with E-state index in [1.165, 1.54) is 16.7 Å². The minimum absolute atomic E-state index is 0.243. The van der Waals surface area contributed by atoms with Gasteiger partial charge in [-0.2, -0.15) is 0 Å².